The van der Waals surface area contributed by atoms with Gasteiger partial charge in [0.2, 0.25) is 0 Å². The molecule has 0 aliphatic rings. The highest BCUT2D eigenvalue weighted by atomic mass is 16.3. The van der Waals surface area contributed by atoms with Crippen molar-refractivity contribution in [2.24, 2.45) is 0 Å². The number of nitrogens with two attached hydrogens (primary N) is 1. The molecule has 0 bridgehead atoms. The fourth-order valence-electron chi connectivity index (χ4n) is 2.08. The monoisotopic (exact) mass is 258 g/mol. The number of carbonyl (C=O) groups is 1. The second-order valence-electron chi connectivity index (χ2n) is 4.70. The van der Waals surface area contributed by atoms with E-state index < -0.39 is 0 Å². The quantitative estimate of drug-likeness (QED) is 0.861. The first-order valence-corrected chi connectivity index (χ1v) is 6.14. The minimum atomic E-state index is -0.0730. The van der Waals surface area contributed by atoms with Gasteiger partial charge in [0.15, 0.2) is 0 Å². The summed E-state index contributed by atoms with van der Waals surface area (Å²) in [5, 5.41) is 0. The standard InChI is InChI=1S/C15H18N2O2/c1-10-5-4-6-13(16)14(10)15(18)17(3)9-12-7-8-19-11(12)2/h4-8H,9,16H2,1-3H3. The van der Waals surface area contributed by atoms with E-state index in [1.807, 2.05) is 32.0 Å². The molecule has 0 aliphatic heterocycles. The molecule has 0 atom stereocenters. The van der Waals surface area contributed by atoms with Crippen LogP contribution in [0.4, 0.5) is 5.69 Å². The summed E-state index contributed by atoms with van der Waals surface area (Å²) >= 11 is 0. The summed E-state index contributed by atoms with van der Waals surface area (Å²) in [6.07, 6.45) is 1.63. The van der Waals surface area contributed by atoms with E-state index in [9.17, 15) is 4.79 Å². The number of rotatable bonds is 3. The lowest BCUT2D eigenvalue weighted by Crippen LogP contribution is -2.27. The summed E-state index contributed by atoms with van der Waals surface area (Å²) in [7, 11) is 1.76. The molecule has 1 heterocycles. The summed E-state index contributed by atoms with van der Waals surface area (Å²) in [6.45, 7) is 4.28. The summed E-state index contributed by atoms with van der Waals surface area (Å²) in [4.78, 5) is 14.1. The molecule has 0 aliphatic carbocycles. The smallest absolute Gasteiger partial charge is 0.256 e. The van der Waals surface area contributed by atoms with Crippen LogP contribution in [0.25, 0.3) is 0 Å². The molecule has 2 aromatic rings. The van der Waals surface area contributed by atoms with Crippen molar-refractivity contribution in [2.45, 2.75) is 20.4 Å². The number of hydrogen-bond acceptors (Lipinski definition) is 3. The number of hydrogen-bond donors (Lipinski definition) is 1. The Balaban J connectivity index is 2.22. The van der Waals surface area contributed by atoms with Gasteiger partial charge in [-0.05, 0) is 31.5 Å². The molecule has 0 radical (unpaired) electrons. The molecule has 2 rings (SSSR count). The van der Waals surface area contributed by atoms with E-state index in [0.29, 0.717) is 17.8 Å². The minimum Gasteiger partial charge on any atom is -0.469 e. The van der Waals surface area contributed by atoms with Crippen molar-refractivity contribution in [2.75, 3.05) is 12.8 Å². The summed E-state index contributed by atoms with van der Waals surface area (Å²) in [5.74, 6) is 0.758. The van der Waals surface area contributed by atoms with Gasteiger partial charge in [-0.1, -0.05) is 12.1 Å². The third kappa shape index (κ3) is 2.62. The van der Waals surface area contributed by atoms with Crippen molar-refractivity contribution < 1.29 is 9.21 Å². The van der Waals surface area contributed by atoms with Crippen molar-refractivity contribution in [3.05, 3.63) is 53.0 Å². The van der Waals surface area contributed by atoms with Crippen LogP contribution in [0.3, 0.4) is 0 Å². The van der Waals surface area contributed by atoms with Crippen LogP contribution in [-0.2, 0) is 6.54 Å². The van der Waals surface area contributed by atoms with Gasteiger partial charge >= 0.3 is 0 Å². The molecule has 0 saturated heterocycles. The van der Waals surface area contributed by atoms with E-state index in [1.165, 1.54) is 0 Å². The molecule has 19 heavy (non-hydrogen) atoms. The maximum absolute atomic E-state index is 12.4. The van der Waals surface area contributed by atoms with Gasteiger partial charge in [0.05, 0.1) is 11.8 Å². The van der Waals surface area contributed by atoms with Crippen molar-refractivity contribution in [3.63, 3.8) is 0 Å². The molecular weight excluding hydrogens is 240 g/mol. The highest BCUT2D eigenvalue weighted by molar-refractivity contribution is 6.00. The zero-order valence-electron chi connectivity index (χ0n) is 11.4. The van der Waals surface area contributed by atoms with Crippen LogP contribution in [0.15, 0.2) is 34.9 Å². The van der Waals surface area contributed by atoms with Gasteiger partial charge in [0.25, 0.3) is 5.91 Å². The third-order valence-corrected chi connectivity index (χ3v) is 3.24. The first kappa shape index (κ1) is 13.2. The maximum Gasteiger partial charge on any atom is 0.256 e. The first-order chi connectivity index (χ1) is 9.00. The van der Waals surface area contributed by atoms with Gasteiger partial charge in [-0.15, -0.1) is 0 Å². The Hall–Kier alpha value is -2.23. The van der Waals surface area contributed by atoms with Crippen molar-refractivity contribution >= 4 is 11.6 Å². The molecule has 1 aromatic carbocycles. The van der Waals surface area contributed by atoms with Crippen LogP contribution in [-0.4, -0.2) is 17.9 Å². The Morgan fingerprint density at radius 3 is 2.63 bits per heavy atom. The maximum atomic E-state index is 12.4. The van der Waals surface area contributed by atoms with Crippen LogP contribution in [0.5, 0.6) is 0 Å². The Labute approximate surface area is 112 Å². The number of anilines is 1. The molecule has 0 saturated carbocycles. The zero-order valence-corrected chi connectivity index (χ0v) is 11.4. The normalized spacial score (nSPS) is 10.5. The number of furan rings is 1. The molecule has 2 N–H and O–H groups in total. The molecule has 0 spiro atoms. The van der Waals surface area contributed by atoms with E-state index in [0.717, 1.165) is 16.9 Å². The average molecular weight is 258 g/mol. The lowest BCUT2D eigenvalue weighted by atomic mass is 10.1. The molecule has 1 amide bonds. The second-order valence-corrected chi connectivity index (χ2v) is 4.70. The zero-order chi connectivity index (χ0) is 14.0. The van der Waals surface area contributed by atoms with Gasteiger partial charge in [-0.3, -0.25) is 4.79 Å². The topological polar surface area (TPSA) is 59.5 Å². The number of aryl methyl sites for hydroxylation is 2. The molecule has 4 nitrogen and oxygen atoms in total. The van der Waals surface area contributed by atoms with Crippen molar-refractivity contribution in [3.8, 4) is 0 Å². The first-order valence-electron chi connectivity index (χ1n) is 6.14. The summed E-state index contributed by atoms with van der Waals surface area (Å²) in [5.41, 5.74) is 8.88. The van der Waals surface area contributed by atoms with Crippen molar-refractivity contribution in [1.82, 2.24) is 4.90 Å². The van der Waals surface area contributed by atoms with E-state index in [-0.39, 0.29) is 5.91 Å². The fourth-order valence-corrected chi connectivity index (χ4v) is 2.08. The number of amides is 1. The van der Waals surface area contributed by atoms with Crippen LogP contribution in [0.2, 0.25) is 0 Å². The van der Waals surface area contributed by atoms with Gasteiger partial charge in [0, 0.05) is 24.8 Å². The fraction of sp³-hybridized carbons (Fsp3) is 0.267. The predicted octanol–water partition coefficient (Wildman–Crippen LogP) is 2.75. The third-order valence-electron chi connectivity index (χ3n) is 3.24. The van der Waals surface area contributed by atoms with Gasteiger partial charge in [0.1, 0.15) is 5.76 Å². The van der Waals surface area contributed by atoms with E-state index in [1.54, 1.807) is 24.3 Å². The van der Waals surface area contributed by atoms with E-state index in [4.69, 9.17) is 10.2 Å². The molecule has 1 aromatic heterocycles. The molecule has 4 heteroatoms. The second kappa shape index (κ2) is 5.18. The number of nitrogens with zero attached hydrogens (tertiary/aromatic N) is 1. The van der Waals surface area contributed by atoms with Crippen LogP contribution < -0.4 is 5.73 Å². The number of nitrogen functional groups attached to an aromatic ring is 1. The Kier molecular flexibility index (Phi) is 3.60. The van der Waals surface area contributed by atoms with Crippen molar-refractivity contribution in [1.29, 1.82) is 0 Å². The average Bonchev–Trinajstić information content (AvgIpc) is 2.74. The van der Waals surface area contributed by atoms with Crippen LogP contribution in [0, 0.1) is 13.8 Å². The summed E-state index contributed by atoms with van der Waals surface area (Å²) in [6, 6.07) is 7.36. The highest BCUT2D eigenvalue weighted by Gasteiger charge is 2.18. The lowest BCUT2D eigenvalue weighted by Gasteiger charge is -2.19. The summed E-state index contributed by atoms with van der Waals surface area (Å²) < 4.78 is 5.24. The molecule has 0 unspecified atom stereocenters. The lowest BCUT2D eigenvalue weighted by molar-refractivity contribution is 0.0785. The predicted molar refractivity (Wildman–Crippen MR) is 74.8 cm³/mol. The molecule has 0 fully saturated rings. The van der Waals surface area contributed by atoms with Gasteiger partial charge < -0.3 is 15.1 Å². The van der Waals surface area contributed by atoms with Crippen LogP contribution >= 0.6 is 0 Å². The SMILES string of the molecule is Cc1cccc(N)c1C(=O)N(C)Cc1ccoc1C. The number of carbonyl (C=O) groups excluding carboxylic acids is 1. The van der Waals surface area contributed by atoms with Gasteiger partial charge in [-0.25, -0.2) is 0 Å². The Bertz CT molecular complexity index is 582. The largest absolute Gasteiger partial charge is 0.469 e. The Morgan fingerprint density at radius 2 is 2.05 bits per heavy atom. The minimum absolute atomic E-state index is 0.0730. The Morgan fingerprint density at radius 1 is 1.32 bits per heavy atom. The number of benzene rings is 1. The van der Waals surface area contributed by atoms with E-state index >= 15 is 0 Å². The van der Waals surface area contributed by atoms with Gasteiger partial charge in [-0.2, -0.15) is 0 Å². The van der Waals surface area contributed by atoms with E-state index in [2.05, 4.69) is 0 Å². The molecule has 100 valence electrons. The molecular formula is C15H18N2O2. The van der Waals surface area contributed by atoms with Crippen LogP contribution in [0.1, 0.15) is 27.2 Å². The highest BCUT2D eigenvalue weighted by Crippen LogP contribution is 2.20.